The van der Waals surface area contributed by atoms with Crippen LogP contribution in [-0.4, -0.2) is 25.9 Å². The zero-order chi connectivity index (χ0) is 13.2. The lowest BCUT2D eigenvalue weighted by Crippen LogP contribution is -2.29. The van der Waals surface area contributed by atoms with Crippen molar-refractivity contribution in [2.75, 3.05) is 13.7 Å². The third kappa shape index (κ3) is 3.03. The molecule has 1 aliphatic rings. The molecule has 0 saturated heterocycles. The Bertz CT molecular complexity index is 405. The smallest absolute Gasteiger partial charge is 0.376 e. The van der Waals surface area contributed by atoms with Crippen molar-refractivity contribution in [1.82, 2.24) is 5.32 Å². The molecule has 1 aromatic carbocycles. The van der Waals surface area contributed by atoms with Crippen LogP contribution in [-0.2, 0) is 11.2 Å². The molecule has 0 aromatic heterocycles. The molecule has 100 valence electrons. The highest BCUT2D eigenvalue weighted by Gasteiger charge is 2.33. The van der Waals surface area contributed by atoms with Gasteiger partial charge in [0.2, 0.25) is 0 Å². The standard InChI is InChI=1S/C13H16F3NO/c1-17-12-10-5-3-2-4-9(10)8-11(12)18-7-6-13(14,15)16/h2-5,11-12,17H,6-8H2,1H3. The molecule has 18 heavy (non-hydrogen) atoms. The van der Waals surface area contributed by atoms with Gasteiger partial charge in [0.25, 0.3) is 0 Å². The maximum absolute atomic E-state index is 12.1. The monoisotopic (exact) mass is 259 g/mol. The predicted octanol–water partition coefficient (Wildman–Crippen LogP) is 2.84. The Morgan fingerprint density at radius 1 is 1.33 bits per heavy atom. The summed E-state index contributed by atoms with van der Waals surface area (Å²) in [6.45, 7) is -0.277. The van der Waals surface area contributed by atoms with Crippen LogP contribution in [0.2, 0.25) is 0 Å². The summed E-state index contributed by atoms with van der Waals surface area (Å²) in [5, 5.41) is 3.11. The zero-order valence-electron chi connectivity index (χ0n) is 10.1. The first kappa shape index (κ1) is 13.4. The van der Waals surface area contributed by atoms with E-state index in [1.54, 1.807) is 7.05 Å². The van der Waals surface area contributed by atoms with Crippen LogP contribution in [0.25, 0.3) is 0 Å². The lowest BCUT2D eigenvalue weighted by molar-refractivity contribution is -0.149. The number of likely N-dealkylation sites (N-methyl/N-ethyl adjacent to an activating group) is 1. The van der Waals surface area contributed by atoms with E-state index >= 15 is 0 Å². The van der Waals surface area contributed by atoms with Gasteiger partial charge in [0, 0.05) is 6.42 Å². The van der Waals surface area contributed by atoms with E-state index in [0.717, 1.165) is 11.1 Å². The van der Waals surface area contributed by atoms with Crippen LogP contribution in [0, 0.1) is 0 Å². The van der Waals surface area contributed by atoms with Crippen molar-refractivity contribution in [2.24, 2.45) is 0 Å². The largest absolute Gasteiger partial charge is 0.391 e. The highest BCUT2D eigenvalue weighted by atomic mass is 19.4. The molecule has 0 spiro atoms. The Morgan fingerprint density at radius 3 is 2.72 bits per heavy atom. The molecule has 0 saturated carbocycles. The highest BCUT2D eigenvalue weighted by Crippen LogP contribution is 2.33. The van der Waals surface area contributed by atoms with Gasteiger partial charge in [0.05, 0.1) is 25.2 Å². The number of hydrogen-bond acceptors (Lipinski definition) is 2. The number of benzene rings is 1. The van der Waals surface area contributed by atoms with Gasteiger partial charge in [0.1, 0.15) is 0 Å². The minimum atomic E-state index is -4.15. The van der Waals surface area contributed by atoms with Crippen molar-refractivity contribution >= 4 is 0 Å². The number of hydrogen-bond donors (Lipinski definition) is 1. The van der Waals surface area contributed by atoms with Gasteiger partial charge in [-0.1, -0.05) is 24.3 Å². The number of nitrogens with one attached hydrogen (secondary N) is 1. The van der Waals surface area contributed by atoms with Crippen molar-refractivity contribution in [3.05, 3.63) is 35.4 Å². The van der Waals surface area contributed by atoms with Gasteiger partial charge in [-0.2, -0.15) is 13.2 Å². The van der Waals surface area contributed by atoms with E-state index < -0.39 is 12.6 Å². The fourth-order valence-corrected chi connectivity index (χ4v) is 2.38. The highest BCUT2D eigenvalue weighted by molar-refractivity contribution is 5.36. The molecule has 2 nitrogen and oxygen atoms in total. The summed E-state index contributed by atoms with van der Waals surface area (Å²) in [6.07, 6.45) is -4.59. The lowest BCUT2D eigenvalue weighted by atomic mass is 10.1. The number of ether oxygens (including phenoxy) is 1. The molecule has 0 heterocycles. The van der Waals surface area contributed by atoms with Crippen LogP contribution >= 0.6 is 0 Å². The van der Waals surface area contributed by atoms with Gasteiger partial charge in [-0.15, -0.1) is 0 Å². The SMILES string of the molecule is CNC1c2ccccc2CC1OCCC(F)(F)F. The second-order valence-electron chi connectivity index (χ2n) is 4.44. The lowest BCUT2D eigenvalue weighted by Gasteiger charge is -2.20. The van der Waals surface area contributed by atoms with Crippen LogP contribution in [0.1, 0.15) is 23.6 Å². The maximum Gasteiger partial charge on any atom is 0.391 e. The molecule has 0 bridgehead atoms. The Morgan fingerprint density at radius 2 is 2.06 bits per heavy atom. The minimum absolute atomic E-state index is 0.0190. The molecule has 0 radical (unpaired) electrons. The van der Waals surface area contributed by atoms with E-state index in [2.05, 4.69) is 5.32 Å². The third-order valence-corrected chi connectivity index (χ3v) is 3.21. The first-order valence-electron chi connectivity index (χ1n) is 5.94. The van der Waals surface area contributed by atoms with E-state index in [4.69, 9.17) is 4.74 Å². The quantitative estimate of drug-likeness (QED) is 0.897. The molecule has 1 N–H and O–H groups in total. The maximum atomic E-state index is 12.1. The summed E-state index contributed by atoms with van der Waals surface area (Å²) in [5.74, 6) is 0. The third-order valence-electron chi connectivity index (χ3n) is 3.21. The van der Waals surface area contributed by atoms with Crippen LogP contribution in [0.15, 0.2) is 24.3 Å². The van der Waals surface area contributed by atoms with Crippen molar-refractivity contribution < 1.29 is 17.9 Å². The topological polar surface area (TPSA) is 21.3 Å². The molecule has 0 amide bonds. The predicted molar refractivity (Wildman–Crippen MR) is 62.4 cm³/mol. The summed E-state index contributed by atoms with van der Waals surface area (Å²) in [4.78, 5) is 0. The average Bonchev–Trinajstić information content (AvgIpc) is 2.64. The first-order valence-corrected chi connectivity index (χ1v) is 5.94. The molecule has 0 aliphatic heterocycles. The zero-order valence-corrected chi connectivity index (χ0v) is 10.1. The van der Waals surface area contributed by atoms with Gasteiger partial charge in [-0.3, -0.25) is 0 Å². The summed E-state index contributed by atoms with van der Waals surface area (Å²) >= 11 is 0. The number of fused-ring (bicyclic) bond motifs is 1. The van der Waals surface area contributed by atoms with Crippen molar-refractivity contribution in [2.45, 2.75) is 31.2 Å². The van der Waals surface area contributed by atoms with E-state index in [1.807, 2.05) is 24.3 Å². The summed E-state index contributed by atoms with van der Waals surface area (Å²) in [6, 6.07) is 7.83. The van der Waals surface area contributed by atoms with Crippen molar-refractivity contribution in [3.63, 3.8) is 0 Å². The Balaban J connectivity index is 1.96. The normalized spacial score (nSPS) is 23.1. The van der Waals surface area contributed by atoms with E-state index in [-0.39, 0.29) is 18.8 Å². The molecule has 0 fully saturated rings. The molecule has 2 atom stereocenters. The van der Waals surface area contributed by atoms with Crippen LogP contribution < -0.4 is 5.32 Å². The Hall–Kier alpha value is -1.07. The van der Waals surface area contributed by atoms with E-state index in [0.29, 0.717) is 6.42 Å². The second-order valence-corrected chi connectivity index (χ2v) is 4.44. The number of rotatable bonds is 4. The van der Waals surface area contributed by atoms with Gasteiger partial charge < -0.3 is 10.1 Å². The van der Waals surface area contributed by atoms with Crippen molar-refractivity contribution in [3.8, 4) is 0 Å². The first-order chi connectivity index (χ1) is 8.51. The minimum Gasteiger partial charge on any atom is -0.376 e. The molecule has 1 aromatic rings. The van der Waals surface area contributed by atoms with Crippen molar-refractivity contribution in [1.29, 1.82) is 0 Å². The number of alkyl halides is 3. The Labute approximate surface area is 104 Å². The molecular weight excluding hydrogens is 243 g/mol. The van der Waals surface area contributed by atoms with Gasteiger partial charge >= 0.3 is 6.18 Å². The fraction of sp³-hybridized carbons (Fsp3) is 0.538. The van der Waals surface area contributed by atoms with E-state index in [9.17, 15) is 13.2 Å². The molecule has 2 unspecified atom stereocenters. The summed E-state index contributed by atoms with van der Waals surface area (Å²) in [7, 11) is 1.80. The summed E-state index contributed by atoms with van der Waals surface area (Å²) in [5.41, 5.74) is 2.27. The number of halogens is 3. The summed E-state index contributed by atoms with van der Waals surface area (Å²) < 4.78 is 41.6. The fourth-order valence-electron chi connectivity index (χ4n) is 2.38. The van der Waals surface area contributed by atoms with Gasteiger partial charge in [-0.05, 0) is 18.2 Å². The van der Waals surface area contributed by atoms with Crippen LogP contribution in [0.5, 0.6) is 0 Å². The average molecular weight is 259 g/mol. The van der Waals surface area contributed by atoms with Gasteiger partial charge in [-0.25, -0.2) is 0 Å². The van der Waals surface area contributed by atoms with E-state index in [1.165, 1.54) is 0 Å². The molecule has 1 aliphatic carbocycles. The Kier molecular flexibility index (Phi) is 3.92. The second kappa shape index (κ2) is 5.28. The van der Waals surface area contributed by atoms with Crippen LogP contribution in [0.3, 0.4) is 0 Å². The molecule has 5 heteroatoms. The molecular formula is C13H16F3NO. The molecule has 2 rings (SSSR count). The van der Waals surface area contributed by atoms with Gasteiger partial charge in [0.15, 0.2) is 0 Å². The van der Waals surface area contributed by atoms with Crippen LogP contribution in [0.4, 0.5) is 13.2 Å².